The van der Waals surface area contributed by atoms with E-state index in [1.165, 1.54) is 0 Å². The summed E-state index contributed by atoms with van der Waals surface area (Å²) in [4.78, 5) is 15.4. The zero-order valence-electron chi connectivity index (χ0n) is 12.4. The first-order valence-electron chi connectivity index (χ1n) is 6.56. The molecular weight excluding hydrogens is 244 g/mol. The maximum Gasteiger partial charge on any atom is 0.372 e. The monoisotopic (exact) mass is 268 g/mol. The zero-order valence-corrected chi connectivity index (χ0v) is 12.4. The quantitative estimate of drug-likeness (QED) is 0.820. The first-order chi connectivity index (χ1) is 8.85. The molecule has 0 amide bonds. The van der Waals surface area contributed by atoms with Gasteiger partial charge < -0.3 is 14.4 Å². The van der Waals surface area contributed by atoms with Gasteiger partial charge in [0.15, 0.2) is 0 Å². The fourth-order valence-electron chi connectivity index (χ4n) is 2.26. The molecule has 0 spiro atoms. The van der Waals surface area contributed by atoms with E-state index < -0.39 is 5.97 Å². The normalized spacial score (nSPS) is 13.2. The molecule has 1 atom stereocenters. The van der Waals surface area contributed by atoms with Crippen molar-refractivity contribution in [3.05, 3.63) is 23.2 Å². The average molecular weight is 268 g/mol. The molecule has 1 N–H and O–H groups in total. The minimum Gasteiger partial charge on any atom is -0.475 e. The molecule has 0 aliphatic carbocycles. The fraction of sp³-hybridized carbons (Fsp3) is 0.643. The fourth-order valence-corrected chi connectivity index (χ4v) is 2.26. The maximum absolute atomic E-state index is 11.0. The molecule has 108 valence electrons. The highest BCUT2D eigenvalue weighted by Crippen LogP contribution is 2.17. The van der Waals surface area contributed by atoms with Crippen molar-refractivity contribution < 1.29 is 14.3 Å². The molecule has 1 aromatic heterocycles. The number of nitrogens with zero attached hydrogens (tertiary/aromatic N) is 2. The summed E-state index contributed by atoms with van der Waals surface area (Å²) in [5, 5.41) is 8.98. The minimum atomic E-state index is -1.01. The Morgan fingerprint density at radius 3 is 2.53 bits per heavy atom. The Kier molecular flexibility index (Phi) is 5.57. The van der Waals surface area contributed by atoms with Gasteiger partial charge in [0.05, 0.1) is 6.54 Å². The molecular formula is C14H24N2O3. The van der Waals surface area contributed by atoms with E-state index in [2.05, 4.69) is 23.6 Å². The van der Waals surface area contributed by atoms with Crippen LogP contribution < -0.4 is 0 Å². The molecule has 1 heterocycles. The van der Waals surface area contributed by atoms with Crippen LogP contribution in [-0.2, 0) is 6.54 Å². The molecule has 1 aromatic rings. The third-order valence-electron chi connectivity index (χ3n) is 3.18. The largest absolute Gasteiger partial charge is 0.475 e. The van der Waals surface area contributed by atoms with Crippen molar-refractivity contribution in [2.24, 2.45) is 0 Å². The Hall–Kier alpha value is -1.33. The second-order valence-electron chi connectivity index (χ2n) is 5.20. The Labute approximate surface area is 114 Å². The summed E-state index contributed by atoms with van der Waals surface area (Å²) in [7, 11) is 4.09. The smallest absolute Gasteiger partial charge is 0.372 e. The van der Waals surface area contributed by atoms with Crippen LogP contribution in [0.25, 0.3) is 0 Å². The predicted molar refractivity (Wildman–Crippen MR) is 74.5 cm³/mol. The summed E-state index contributed by atoms with van der Waals surface area (Å²) in [5.41, 5.74) is 0.679. The Morgan fingerprint density at radius 2 is 2.11 bits per heavy atom. The molecule has 0 aliphatic rings. The van der Waals surface area contributed by atoms with Crippen LogP contribution in [0.5, 0.6) is 0 Å². The van der Waals surface area contributed by atoms with Crippen molar-refractivity contribution in [2.75, 3.05) is 27.2 Å². The van der Waals surface area contributed by atoms with Crippen LogP contribution in [-0.4, -0.2) is 54.1 Å². The summed E-state index contributed by atoms with van der Waals surface area (Å²) in [6.07, 6.45) is 0. The zero-order chi connectivity index (χ0) is 14.6. The third-order valence-corrected chi connectivity index (χ3v) is 3.18. The van der Waals surface area contributed by atoms with Gasteiger partial charge in [-0.05, 0) is 40.6 Å². The Bertz CT molecular complexity index is 426. The lowest BCUT2D eigenvalue weighted by atomic mass is 10.2. The highest BCUT2D eigenvalue weighted by molar-refractivity contribution is 5.86. The van der Waals surface area contributed by atoms with Gasteiger partial charge in [-0.1, -0.05) is 6.92 Å². The lowest BCUT2D eigenvalue weighted by Crippen LogP contribution is -2.39. The van der Waals surface area contributed by atoms with Gasteiger partial charge in [-0.15, -0.1) is 0 Å². The molecule has 0 aliphatic heterocycles. The number of aryl methyl sites for hydroxylation is 1. The van der Waals surface area contributed by atoms with E-state index in [-0.39, 0.29) is 5.76 Å². The molecule has 5 nitrogen and oxygen atoms in total. The van der Waals surface area contributed by atoms with Crippen molar-refractivity contribution in [2.45, 2.75) is 33.4 Å². The van der Waals surface area contributed by atoms with Gasteiger partial charge in [0.2, 0.25) is 5.76 Å². The number of aromatic carboxylic acids is 1. The van der Waals surface area contributed by atoms with Gasteiger partial charge in [-0.25, -0.2) is 4.79 Å². The van der Waals surface area contributed by atoms with E-state index in [0.717, 1.165) is 13.1 Å². The van der Waals surface area contributed by atoms with E-state index in [4.69, 9.17) is 9.52 Å². The molecule has 19 heavy (non-hydrogen) atoms. The molecule has 0 radical (unpaired) electrons. The molecule has 0 saturated carbocycles. The van der Waals surface area contributed by atoms with E-state index in [9.17, 15) is 4.79 Å². The molecule has 1 unspecified atom stereocenters. The van der Waals surface area contributed by atoms with Crippen molar-refractivity contribution in [1.82, 2.24) is 9.80 Å². The van der Waals surface area contributed by atoms with Crippen molar-refractivity contribution in [3.8, 4) is 0 Å². The second kappa shape index (κ2) is 6.73. The Morgan fingerprint density at radius 1 is 1.47 bits per heavy atom. The number of furan rings is 1. The summed E-state index contributed by atoms with van der Waals surface area (Å²) >= 11 is 0. The molecule has 0 fully saturated rings. The molecule has 1 rings (SSSR count). The first kappa shape index (κ1) is 15.7. The van der Waals surface area contributed by atoms with Crippen molar-refractivity contribution in [3.63, 3.8) is 0 Å². The van der Waals surface area contributed by atoms with Crippen molar-refractivity contribution in [1.29, 1.82) is 0 Å². The van der Waals surface area contributed by atoms with Gasteiger partial charge >= 0.3 is 5.97 Å². The number of carboxylic acids is 1. The van der Waals surface area contributed by atoms with Crippen LogP contribution in [0, 0.1) is 6.92 Å². The lowest BCUT2D eigenvalue weighted by Gasteiger charge is -2.29. The topological polar surface area (TPSA) is 56.9 Å². The number of carboxylic acid groups (broad SMARTS) is 1. The standard InChI is InChI=1S/C14H24N2O3/c1-6-16(11(3)8-15(4)5)9-12-7-10(2)13(19-12)14(17)18/h7,11H,6,8-9H2,1-5H3,(H,17,18). The summed E-state index contributed by atoms with van der Waals surface area (Å²) in [6, 6.07) is 2.20. The molecule has 0 bridgehead atoms. The molecule has 0 aromatic carbocycles. The predicted octanol–water partition coefficient (Wildman–Crippen LogP) is 2.06. The first-order valence-corrected chi connectivity index (χ1v) is 6.56. The Balaban J connectivity index is 2.75. The number of rotatable bonds is 7. The molecule has 0 saturated heterocycles. The third kappa shape index (κ3) is 4.36. The van der Waals surface area contributed by atoms with Crippen LogP contribution in [0.4, 0.5) is 0 Å². The highest BCUT2D eigenvalue weighted by atomic mass is 16.4. The number of hydrogen-bond acceptors (Lipinski definition) is 4. The van der Waals surface area contributed by atoms with E-state index in [0.29, 0.717) is 23.9 Å². The summed E-state index contributed by atoms with van der Waals surface area (Å²) in [5.74, 6) is -0.248. The van der Waals surface area contributed by atoms with Gasteiger partial charge in [0.1, 0.15) is 5.76 Å². The lowest BCUT2D eigenvalue weighted by molar-refractivity contribution is 0.0656. The average Bonchev–Trinajstić information content (AvgIpc) is 2.66. The summed E-state index contributed by atoms with van der Waals surface area (Å²) < 4.78 is 5.41. The van der Waals surface area contributed by atoms with E-state index in [1.807, 2.05) is 20.2 Å². The van der Waals surface area contributed by atoms with Crippen LogP contribution >= 0.6 is 0 Å². The van der Waals surface area contributed by atoms with Crippen LogP contribution in [0.2, 0.25) is 0 Å². The second-order valence-corrected chi connectivity index (χ2v) is 5.20. The van der Waals surface area contributed by atoms with Gasteiger partial charge in [-0.2, -0.15) is 0 Å². The maximum atomic E-state index is 11.0. The van der Waals surface area contributed by atoms with Crippen molar-refractivity contribution >= 4 is 5.97 Å². The van der Waals surface area contributed by atoms with Crippen LogP contribution in [0.1, 0.15) is 35.7 Å². The van der Waals surface area contributed by atoms with Crippen LogP contribution in [0.15, 0.2) is 10.5 Å². The van der Waals surface area contributed by atoms with E-state index in [1.54, 1.807) is 6.92 Å². The number of hydrogen-bond donors (Lipinski definition) is 1. The molecule has 5 heteroatoms. The number of carbonyl (C=O) groups is 1. The minimum absolute atomic E-state index is 0.0475. The van der Waals surface area contributed by atoms with Gasteiger partial charge in [-0.3, -0.25) is 4.90 Å². The van der Waals surface area contributed by atoms with Gasteiger partial charge in [0, 0.05) is 18.2 Å². The van der Waals surface area contributed by atoms with Gasteiger partial charge in [0.25, 0.3) is 0 Å². The SMILES string of the molecule is CCN(Cc1cc(C)c(C(=O)O)o1)C(C)CN(C)C. The van der Waals surface area contributed by atoms with Crippen LogP contribution in [0.3, 0.4) is 0 Å². The van der Waals surface area contributed by atoms with E-state index >= 15 is 0 Å². The highest BCUT2D eigenvalue weighted by Gasteiger charge is 2.18. The summed E-state index contributed by atoms with van der Waals surface area (Å²) in [6.45, 7) is 8.52. The number of likely N-dealkylation sites (N-methyl/N-ethyl adjacent to an activating group) is 2.